The average Bonchev–Trinajstić information content (AvgIpc) is 3.45. The number of anilines is 1. The van der Waals surface area contributed by atoms with Crippen LogP contribution in [0.25, 0.3) is 23.2 Å². The molecule has 0 aliphatic heterocycles. The van der Waals surface area contributed by atoms with E-state index in [0.29, 0.717) is 12.3 Å². The predicted molar refractivity (Wildman–Crippen MR) is 133 cm³/mol. The molecular formula is C25H24N4O4S. The Hall–Kier alpha value is -3.98. The normalized spacial score (nSPS) is 14.4. The topological polar surface area (TPSA) is 87.4 Å². The Labute approximate surface area is 197 Å². The molecule has 0 saturated carbocycles. The van der Waals surface area contributed by atoms with Gasteiger partial charge in [-0.15, -0.1) is 0 Å². The molecule has 8 nitrogen and oxygen atoms in total. The van der Waals surface area contributed by atoms with E-state index < -0.39 is 10.0 Å². The Morgan fingerprint density at radius 2 is 1.85 bits per heavy atom. The zero-order valence-electron chi connectivity index (χ0n) is 19.0. The Bertz CT molecular complexity index is 1550. The number of fused-ring (bicyclic) bond motifs is 3. The molecular weight excluding hydrogens is 452 g/mol. The second-order valence-corrected chi connectivity index (χ2v) is 9.64. The minimum absolute atomic E-state index is 0.131. The summed E-state index contributed by atoms with van der Waals surface area (Å²) in [4.78, 5) is 4.31. The van der Waals surface area contributed by atoms with Gasteiger partial charge < -0.3 is 18.6 Å². The minimum Gasteiger partial charge on any atom is -0.481 e. The summed E-state index contributed by atoms with van der Waals surface area (Å²) in [5.41, 5.74) is 4.51. The molecule has 5 rings (SSSR count). The lowest BCUT2D eigenvalue weighted by Crippen LogP contribution is -2.14. The highest BCUT2D eigenvalue weighted by atomic mass is 32.2. The Balaban J connectivity index is 1.53. The minimum atomic E-state index is -3.89. The summed E-state index contributed by atoms with van der Waals surface area (Å²) in [7, 11) is 1.01. The molecule has 0 atom stereocenters. The SMILES string of the molecule is COc1ccc(NS(=O)(=O)c2ccc3c(c2)c2c(n3C)C=CC(=Cn3cccc3)C2)c(OC)n1. The van der Waals surface area contributed by atoms with E-state index in [9.17, 15) is 8.42 Å². The smallest absolute Gasteiger partial charge is 0.262 e. The van der Waals surface area contributed by atoms with Crippen molar-refractivity contribution in [1.29, 1.82) is 0 Å². The van der Waals surface area contributed by atoms with E-state index in [1.807, 2.05) is 42.2 Å². The van der Waals surface area contributed by atoms with Crippen molar-refractivity contribution in [2.75, 3.05) is 18.9 Å². The van der Waals surface area contributed by atoms with Crippen LogP contribution >= 0.6 is 0 Å². The molecule has 4 aromatic rings. The number of ether oxygens (including phenoxy) is 2. The number of benzene rings is 1. The number of nitrogens with zero attached hydrogens (tertiary/aromatic N) is 3. The van der Waals surface area contributed by atoms with Crippen molar-refractivity contribution in [3.63, 3.8) is 0 Å². The van der Waals surface area contributed by atoms with E-state index in [2.05, 4.69) is 32.6 Å². The summed E-state index contributed by atoms with van der Waals surface area (Å²) in [6, 6.07) is 12.3. The number of methoxy groups -OCH3 is 2. The van der Waals surface area contributed by atoms with Crippen LogP contribution in [0.1, 0.15) is 11.3 Å². The molecule has 0 unspecified atom stereocenters. The number of allylic oxidation sites excluding steroid dienone is 2. The molecule has 0 fully saturated rings. The number of pyridine rings is 1. The molecule has 0 spiro atoms. The number of hydrogen-bond acceptors (Lipinski definition) is 5. The van der Waals surface area contributed by atoms with E-state index in [4.69, 9.17) is 9.47 Å². The first kappa shape index (κ1) is 21.8. The van der Waals surface area contributed by atoms with Gasteiger partial charge in [0.15, 0.2) is 0 Å². The maximum Gasteiger partial charge on any atom is 0.262 e. The third-order valence-electron chi connectivity index (χ3n) is 5.90. The molecule has 1 N–H and O–H groups in total. The van der Waals surface area contributed by atoms with Crippen LogP contribution < -0.4 is 14.2 Å². The van der Waals surface area contributed by atoms with Crippen LogP contribution in [0.2, 0.25) is 0 Å². The van der Waals surface area contributed by atoms with Crippen molar-refractivity contribution in [2.24, 2.45) is 7.05 Å². The fourth-order valence-corrected chi connectivity index (χ4v) is 5.30. The summed E-state index contributed by atoms with van der Waals surface area (Å²) in [6.07, 6.45) is 10.9. The van der Waals surface area contributed by atoms with Gasteiger partial charge in [-0.25, -0.2) is 8.42 Å². The van der Waals surface area contributed by atoms with Gasteiger partial charge in [-0.1, -0.05) is 6.08 Å². The number of aromatic nitrogens is 3. The molecule has 0 bridgehead atoms. The van der Waals surface area contributed by atoms with E-state index >= 15 is 0 Å². The predicted octanol–water partition coefficient (Wildman–Crippen LogP) is 4.30. The first-order valence-electron chi connectivity index (χ1n) is 10.6. The molecule has 1 aliphatic rings. The second kappa shape index (κ2) is 8.42. The molecule has 1 aromatic carbocycles. The van der Waals surface area contributed by atoms with Gasteiger partial charge >= 0.3 is 0 Å². The van der Waals surface area contributed by atoms with Crippen LogP contribution in [0, 0.1) is 0 Å². The molecule has 3 aromatic heterocycles. The fraction of sp³-hybridized carbons (Fsp3) is 0.160. The van der Waals surface area contributed by atoms with Crippen LogP contribution in [-0.4, -0.2) is 36.8 Å². The molecule has 174 valence electrons. The number of nitrogens with one attached hydrogen (secondary N) is 1. The number of aryl methyl sites for hydroxylation is 1. The fourth-order valence-electron chi connectivity index (χ4n) is 4.22. The lowest BCUT2D eigenvalue weighted by atomic mass is 9.97. The van der Waals surface area contributed by atoms with E-state index in [1.54, 1.807) is 24.3 Å². The zero-order chi connectivity index (χ0) is 23.9. The maximum atomic E-state index is 13.3. The summed E-state index contributed by atoms with van der Waals surface area (Å²) in [6.45, 7) is 0. The van der Waals surface area contributed by atoms with Crippen molar-refractivity contribution < 1.29 is 17.9 Å². The molecule has 34 heavy (non-hydrogen) atoms. The van der Waals surface area contributed by atoms with E-state index in [1.165, 1.54) is 14.2 Å². The largest absolute Gasteiger partial charge is 0.481 e. The summed E-state index contributed by atoms with van der Waals surface area (Å²) in [5, 5.41) is 0.906. The highest BCUT2D eigenvalue weighted by Crippen LogP contribution is 2.34. The standard InChI is InChI=1S/C25H24N4O4S/c1-28-22-9-6-17(16-29-12-4-5-13-29)14-19(22)20-15-18(7-10-23(20)28)34(30,31)27-21-8-11-24(32-2)26-25(21)33-3/h4-13,15-16,27H,14H2,1-3H3. The lowest BCUT2D eigenvalue weighted by molar-refractivity contribution is 0.366. The third kappa shape index (κ3) is 3.84. The highest BCUT2D eigenvalue weighted by molar-refractivity contribution is 7.92. The molecule has 0 saturated heterocycles. The molecule has 0 radical (unpaired) electrons. The third-order valence-corrected chi connectivity index (χ3v) is 7.26. The first-order valence-corrected chi connectivity index (χ1v) is 12.1. The molecule has 3 heterocycles. The quantitative estimate of drug-likeness (QED) is 0.448. The van der Waals surface area contributed by atoms with Crippen LogP contribution in [0.15, 0.2) is 71.4 Å². The van der Waals surface area contributed by atoms with Crippen molar-refractivity contribution >= 4 is 38.9 Å². The monoisotopic (exact) mass is 476 g/mol. The van der Waals surface area contributed by atoms with E-state index in [-0.39, 0.29) is 16.5 Å². The van der Waals surface area contributed by atoms with Crippen LogP contribution in [-0.2, 0) is 23.5 Å². The van der Waals surface area contributed by atoms with Crippen molar-refractivity contribution in [3.05, 3.63) is 77.8 Å². The Morgan fingerprint density at radius 1 is 1.06 bits per heavy atom. The summed E-state index contributed by atoms with van der Waals surface area (Å²) >= 11 is 0. The van der Waals surface area contributed by atoms with Gasteiger partial charge in [0.05, 0.1) is 19.1 Å². The van der Waals surface area contributed by atoms with Crippen molar-refractivity contribution in [1.82, 2.24) is 14.1 Å². The highest BCUT2D eigenvalue weighted by Gasteiger charge is 2.22. The van der Waals surface area contributed by atoms with Gasteiger partial charge in [0.1, 0.15) is 5.69 Å². The number of hydrogen-bond donors (Lipinski definition) is 1. The summed E-state index contributed by atoms with van der Waals surface area (Å²) < 4.78 is 43.5. The Morgan fingerprint density at radius 3 is 2.59 bits per heavy atom. The van der Waals surface area contributed by atoms with Crippen LogP contribution in [0.3, 0.4) is 0 Å². The number of rotatable bonds is 6. The first-order chi connectivity index (χ1) is 16.4. The van der Waals surface area contributed by atoms with Crippen molar-refractivity contribution in [3.8, 4) is 11.8 Å². The van der Waals surface area contributed by atoms with E-state index in [0.717, 1.165) is 27.7 Å². The van der Waals surface area contributed by atoms with Gasteiger partial charge in [0.2, 0.25) is 11.8 Å². The molecule has 1 aliphatic carbocycles. The van der Waals surface area contributed by atoms with Gasteiger partial charge in [-0.2, -0.15) is 4.98 Å². The van der Waals surface area contributed by atoms with Gasteiger partial charge in [0, 0.05) is 54.7 Å². The maximum absolute atomic E-state index is 13.3. The second-order valence-electron chi connectivity index (χ2n) is 7.96. The molecule has 0 amide bonds. The van der Waals surface area contributed by atoms with Crippen LogP contribution in [0.4, 0.5) is 5.69 Å². The van der Waals surface area contributed by atoms with Gasteiger partial charge in [-0.05, 0) is 53.6 Å². The number of sulfonamides is 1. The van der Waals surface area contributed by atoms with Crippen molar-refractivity contribution in [2.45, 2.75) is 11.3 Å². The summed E-state index contributed by atoms with van der Waals surface area (Å²) in [5.74, 6) is 0.458. The molecule has 9 heteroatoms. The van der Waals surface area contributed by atoms with Gasteiger partial charge in [-0.3, -0.25) is 4.72 Å². The van der Waals surface area contributed by atoms with Gasteiger partial charge in [0.25, 0.3) is 10.0 Å². The average molecular weight is 477 g/mol. The lowest BCUT2D eigenvalue weighted by Gasteiger charge is -2.13. The zero-order valence-corrected chi connectivity index (χ0v) is 19.8. The van der Waals surface area contributed by atoms with Crippen LogP contribution in [0.5, 0.6) is 11.8 Å². The Kier molecular flexibility index (Phi) is 5.41.